The normalized spacial score (nSPS) is 10.6. The molecule has 0 saturated carbocycles. The number of hydrogen-bond acceptors (Lipinski definition) is 2. The van der Waals surface area contributed by atoms with Crippen molar-refractivity contribution < 1.29 is 6.85 Å². The summed E-state index contributed by atoms with van der Waals surface area (Å²) in [5.74, 6) is 0. The predicted octanol–water partition coefficient (Wildman–Crippen LogP) is 16.7. The molecule has 0 bridgehead atoms. The molecule has 0 aliphatic carbocycles. The molecule has 8 aromatic carbocycles. The zero-order valence-electron chi connectivity index (χ0n) is 42.7. The number of fused-ring (bicyclic) bond motifs is 2. The molecule has 2 heteroatoms. The fourth-order valence-corrected chi connectivity index (χ4v) is 5.82. The molecule has 0 unspecified atom stereocenters. The summed E-state index contributed by atoms with van der Waals surface area (Å²) in [5.41, 5.74) is 10.4. The van der Waals surface area contributed by atoms with E-state index in [1.165, 1.54) is 67.4 Å². The van der Waals surface area contributed by atoms with Gasteiger partial charge in [-0.25, -0.2) is 0 Å². The van der Waals surface area contributed by atoms with E-state index in [-0.39, 0.29) is 30.2 Å². The summed E-state index contributed by atoms with van der Waals surface area (Å²) in [6, 6.07) is 67.7. The highest BCUT2D eigenvalue weighted by molar-refractivity contribution is 5.85. The lowest BCUT2D eigenvalue weighted by Crippen LogP contribution is -1.76. The van der Waals surface area contributed by atoms with Crippen LogP contribution in [0.1, 0.15) is 45.9 Å². The van der Waals surface area contributed by atoms with Gasteiger partial charge >= 0.3 is 0 Å². The number of pyridine rings is 2. The van der Waals surface area contributed by atoms with Crippen molar-refractivity contribution in [2.75, 3.05) is 0 Å². The Kier molecular flexibility index (Phi) is 18.3. The van der Waals surface area contributed by atoms with Gasteiger partial charge in [0.1, 0.15) is 0 Å². The highest BCUT2D eigenvalue weighted by Crippen LogP contribution is 2.19. The second-order valence-corrected chi connectivity index (χ2v) is 14.8. The molecule has 0 N–H and O–H groups in total. The van der Waals surface area contributed by atoms with E-state index in [2.05, 4.69) is 183 Å². The van der Waals surface area contributed by atoms with Gasteiger partial charge in [-0.2, -0.15) is 0 Å². The summed E-state index contributed by atoms with van der Waals surface area (Å²) in [7, 11) is 0. The van der Waals surface area contributed by atoms with E-state index < -0.39 is 0 Å². The monoisotopic (exact) mass is 828 g/mol. The van der Waals surface area contributed by atoms with Crippen molar-refractivity contribution in [3.63, 3.8) is 0 Å². The largest absolute Gasteiger partial charge is 0.264 e. The number of benzene rings is 8. The lowest BCUT2D eigenvalue weighted by Gasteiger charge is -2.00. The van der Waals surface area contributed by atoms with E-state index in [4.69, 9.17) is 6.85 Å². The van der Waals surface area contributed by atoms with E-state index in [0.29, 0.717) is 5.56 Å². The van der Waals surface area contributed by atoms with Crippen LogP contribution >= 0.6 is 0 Å². The van der Waals surface area contributed by atoms with Gasteiger partial charge in [-0.3, -0.25) is 9.97 Å². The lowest BCUT2D eigenvalue weighted by molar-refractivity contribution is 1.20. The second kappa shape index (κ2) is 28.2. The summed E-state index contributed by atoms with van der Waals surface area (Å²) >= 11 is 0. The van der Waals surface area contributed by atoms with Gasteiger partial charge in [-0.15, -0.1) is 0 Å². The fraction of sp³-hybridized carbons (Fsp3) is 0.115. The van der Waals surface area contributed by atoms with Crippen LogP contribution in [0.25, 0.3) is 32.7 Å². The first-order chi connectivity index (χ1) is 32.7. The standard InChI is InChI=1S/C13H12.2C11H10.2C7H8.2C6H7N/c1-11-7-9-13(10-8-11)12-5-3-2-4-6-12;1-9-5-4-7-10-6-2-3-8-11(9)10;1-9-6-7-10-4-2-3-5-11(10)8-9;2*1-7-5-3-2-4-6-7;1-6-3-2-4-7-5-6;1-6-4-2-3-5-7-6/h2-10H,1H3;2*2-8H,1H3;2*2-6H,1H3;2*2-5H,1H3/i;;;2D,3D,4D,5D,6D;;;. The van der Waals surface area contributed by atoms with Gasteiger partial charge in [0.25, 0.3) is 0 Å². The molecule has 0 fully saturated rings. The third kappa shape index (κ3) is 19.7. The van der Waals surface area contributed by atoms with Gasteiger partial charge in [0.15, 0.2) is 0 Å². The number of nitrogens with zero attached hydrogens (tertiary/aromatic N) is 2. The summed E-state index contributed by atoms with van der Waals surface area (Å²) < 4.78 is 36.3. The van der Waals surface area contributed by atoms with Crippen LogP contribution in [0.3, 0.4) is 0 Å². The van der Waals surface area contributed by atoms with Crippen molar-refractivity contribution in [2.45, 2.75) is 48.5 Å². The van der Waals surface area contributed by atoms with E-state index in [1.54, 1.807) is 12.4 Å². The number of hydrogen-bond donors (Lipinski definition) is 0. The van der Waals surface area contributed by atoms with Gasteiger partial charge in [0.05, 0.1) is 6.85 Å². The Bertz CT molecular complexity index is 2790. The summed E-state index contributed by atoms with van der Waals surface area (Å²) in [6.45, 7) is 14.0. The number of aryl methyl sites for hydroxylation is 6. The highest BCUT2D eigenvalue weighted by atomic mass is 14.6. The summed E-state index contributed by atoms with van der Waals surface area (Å²) in [5, 5.41) is 5.33. The summed E-state index contributed by atoms with van der Waals surface area (Å²) in [6.07, 6.45) is 5.39. The molecule has 0 atom stereocenters. The fourth-order valence-electron chi connectivity index (χ4n) is 5.82. The molecule has 10 rings (SSSR count). The Hall–Kier alpha value is -7.42. The molecule has 2 aromatic heterocycles. The van der Waals surface area contributed by atoms with Crippen molar-refractivity contribution in [1.82, 2.24) is 9.97 Å². The molecule has 0 saturated heterocycles. The molecular formula is C61H62N2. The minimum atomic E-state index is -0.337. The molecule has 0 radical (unpaired) electrons. The SMILES string of the molecule is Cc1ccc(-c2ccccc2)cc1.Cc1ccc2ccccc2c1.Cc1cccc2ccccc12.Cc1ccccc1.Cc1ccccn1.Cc1cccnc1.[2H]c1c([2H])c([2H])c(C)c([2H])c1[2H]. The van der Waals surface area contributed by atoms with Crippen LogP contribution in [0.15, 0.2) is 249 Å². The van der Waals surface area contributed by atoms with Gasteiger partial charge in [-0.1, -0.05) is 234 Å². The van der Waals surface area contributed by atoms with Crippen molar-refractivity contribution in [3.8, 4) is 11.1 Å². The molecule has 0 amide bonds. The predicted molar refractivity (Wildman–Crippen MR) is 274 cm³/mol. The zero-order chi connectivity index (χ0) is 49.3. The first-order valence-corrected chi connectivity index (χ1v) is 21.1. The Labute approximate surface area is 384 Å². The van der Waals surface area contributed by atoms with E-state index >= 15 is 0 Å². The van der Waals surface area contributed by atoms with Crippen LogP contribution in [-0.4, -0.2) is 9.97 Å². The maximum atomic E-state index is 7.31. The van der Waals surface area contributed by atoms with Crippen LogP contribution in [0.2, 0.25) is 0 Å². The van der Waals surface area contributed by atoms with Crippen molar-refractivity contribution in [2.24, 2.45) is 0 Å². The molecule has 2 heterocycles. The topological polar surface area (TPSA) is 25.8 Å². The Morgan fingerprint density at radius 3 is 1.43 bits per heavy atom. The minimum Gasteiger partial charge on any atom is -0.264 e. The smallest absolute Gasteiger partial charge is 0.0625 e. The first kappa shape index (κ1) is 41.0. The quantitative estimate of drug-likeness (QED) is 0.165. The third-order valence-electron chi connectivity index (χ3n) is 9.26. The van der Waals surface area contributed by atoms with Crippen molar-refractivity contribution >= 4 is 21.5 Å². The molecule has 0 aliphatic heterocycles. The van der Waals surface area contributed by atoms with Gasteiger partial charge in [0.2, 0.25) is 0 Å². The van der Waals surface area contributed by atoms with Crippen LogP contribution in [0.4, 0.5) is 0 Å². The van der Waals surface area contributed by atoms with Crippen LogP contribution in [-0.2, 0) is 0 Å². The summed E-state index contributed by atoms with van der Waals surface area (Å²) in [4.78, 5) is 7.86. The molecule has 10 aromatic rings. The zero-order valence-corrected chi connectivity index (χ0v) is 37.7. The molecule has 2 nitrogen and oxygen atoms in total. The minimum absolute atomic E-state index is 0.124. The van der Waals surface area contributed by atoms with Gasteiger partial charge in [-0.05, 0) is 110 Å². The Morgan fingerprint density at radius 2 is 0.889 bits per heavy atom. The van der Waals surface area contributed by atoms with Gasteiger partial charge < -0.3 is 0 Å². The highest BCUT2D eigenvalue weighted by Gasteiger charge is 1.95. The average Bonchev–Trinajstić information content (AvgIpc) is 3.37. The maximum Gasteiger partial charge on any atom is 0.0625 e. The first-order valence-electron chi connectivity index (χ1n) is 23.6. The van der Waals surface area contributed by atoms with Crippen molar-refractivity contribution in [3.05, 3.63) is 288 Å². The van der Waals surface area contributed by atoms with Crippen LogP contribution < -0.4 is 0 Å². The van der Waals surface area contributed by atoms with Crippen LogP contribution in [0, 0.1) is 48.5 Å². The van der Waals surface area contributed by atoms with E-state index in [0.717, 1.165) is 5.69 Å². The Balaban J connectivity index is 0.000000175. The molecule has 316 valence electrons. The molecular weight excluding hydrogens is 761 g/mol. The van der Waals surface area contributed by atoms with E-state index in [9.17, 15) is 0 Å². The molecule has 0 spiro atoms. The van der Waals surface area contributed by atoms with Crippen LogP contribution in [0.5, 0.6) is 0 Å². The lowest BCUT2D eigenvalue weighted by atomic mass is 10.0. The molecule has 0 aliphatic rings. The Morgan fingerprint density at radius 1 is 0.349 bits per heavy atom. The number of rotatable bonds is 1. The molecule has 63 heavy (non-hydrogen) atoms. The van der Waals surface area contributed by atoms with Crippen molar-refractivity contribution in [1.29, 1.82) is 0 Å². The second-order valence-electron chi connectivity index (χ2n) is 14.8. The van der Waals surface area contributed by atoms with Gasteiger partial charge in [0, 0.05) is 24.3 Å². The maximum absolute atomic E-state index is 7.31. The van der Waals surface area contributed by atoms with E-state index in [1.807, 2.05) is 74.6 Å². The average molecular weight is 828 g/mol. The number of aromatic nitrogens is 2. The third-order valence-corrected chi connectivity index (χ3v) is 9.26.